The molecule has 0 unspecified atom stereocenters. The van der Waals surface area contributed by atoms with Crippen LogP contribution in [0.1, 0.15) is 18.5 Å². The monoisotopic (exact) mass is 444 g/mol. The van der Waals surface area contributed by atoms with Crippen molar-refractivity contribution in [3.63, 3.8) is 0 Å². The Morgan fingerprint density at radius 1 is 1.04 bits per heavy atom. The number of amides is 1. The van der Waals surface area contributed by atoms with Gasteiger partial charge >= 0.3 is 0 Å². The summed E-state index contributed by atoms with van der Waals surface area (Å²) in [5, 5.41) is 2.92. The fourth-order valence-electron chi connectivity index (χ4n) is 2.54. The zero-order valence-electron chi connectivity index (χ0n) is 15.6. The Morgan fingerprint density at radius 3 is 2.11 bits per heavy atom. The summed E-state index contributed by atoms with van der Waals surface area (Å²) < 4.78 is 48.3. The molecule has 0 saturated carbocycles. The molecule has 0 fully saturated rings. The van der Waals surface area contributed by atoms with Crippen LogP contribution in [-0.4, -0.2) is 41.8 Å². The Balaban J connectivity index is 2.15. The lowest BCUT2D eigenvalue weighted by Crippen LogP contribution is -2.41. The minimum absolute atomic E-state index is 0.178. The molecule has 0 radical (unpaired) electrons. The molecule has 0 aliphatic carbocycles. The van der Waals surface area contributed by atoms with Crippen molar-refractivity contribution in [3.05, 3.63) is 59.1 Å². The number of para-hydroxylation sites is 1. The molecule has 10 heteroatoms. The molecule has 0 aliphatic heterocycles. The van der Waals surface area contributed by atoms with Gasteiger partial charge in [0, 0.05) is 6.26 Å². The van der Waals surface area contributed by atoms with E-state index in [9.17, 15) is 21.6 Å². The van der Waals surface area contributed by atoms with E-state index in [1.165, 1.54) is 18.2 Å². The van der Waals surface area contributed by atoms with Crippen LogP contribution in [0.2, 0.25) is 5.02 Å². The maximum atomic E-state index is 12.4. The van der Waals surface area contributed by atoms with Crippen molar-refractivity contribution in [1.29, 1.82) is 0 Å². The smallest absolute Gasteiger partial charge is 0.241 e. The number of halogens is 1. The largest absolute Gasteiger partial charge is 0.348 e. The van der Waals surface area contributed by atoms with Crippen molar-refractivity contribution in [2.45, 2.75) is 17.9 Å². The Labute approximate surface area is 170 Å². The number of carbonyl (C=O) groups excluding carboxylic acids is 1. The van der Waals surface area contributed by atoms with E-state index in [1.54, 1.807) is 37.3 Å². The lowest BCUT2D eigenvalue weighted by molar-refractivity contribution is -0.120. The van der Waals surface area contributed by atoms with Crippen molar-refractivity contribution in [2.75, 3.05) is 23.4 Å². The summed E-state index contributed by atoms with van der Waals surface area (Å²) in [6.07, 6.45) is 2.11. The van der Waals surface area contributed by atoms with Gasteiger partial charge in [0.15, 0.2) is 9.84 Å². The average molecular weight is 445 g/mol. The molecular formula is C18H21ClN2O5S2. The third-order valence-corrected chi connectivity index (χ3v) is 6.57. The fraction of sp³-hybridized carbons (Fsp3) is 0.278. The van der Waals surface area contributed by atoms with Crippen LogP contribution in [0.15, 0.2) is 53.4 Å². The lowest BCUT2D eigenvalue weighted by atomic mass is 10.1. The van der Waals surface area contributed by atoms with Crippen LogP contribution in [0.25, 0.3) is 0 Å². The molecule has 152 valence electrons. The first-order valence-corrected chi connectivity index (χ1v) is 12.3. The molecule has 0 bridgehead atoms. The molecule has 0 saturated heterocycles. The van der Waals surface area contributed by atoms with Gasteiger partial charge in [-0.05, 0) is 36.8 Å². The number of benzene rings is 2. The number of anilines is 1. The highest BCUT2D eigenvalue weighted by molar-refractivity contribution is 7.92. The number of hydrogen-bond donors (Lipinski definition) is 1. The van der Waals surface area contributed by atoms with E-state index in [1.807, 2.05) is 0 Å². The summed E-state index contributed by atoms with van der Waals surface area (Å²) >= 11 is 6.07. The van der Waals surface area contributed by atoms with E-state index in [4.69, 9.17) is 11.6 Å². The van der Waals surface area contributed by atoms with Gasteiger partial charge in [0.1, 0.15) is 6.54 Å². The summed E-state index contributed by atoms with van der Waals surface area (Å²) in [5.74, 6) is -0.523. The topological polar surface area (TPSA) is 101 Å². The molecule has 0 spiro atoms. The second-order valence-corrected chi connectivity index (χ2v) is 10.7. The highest BCUT2D eigenvalue weighted by Gasteiger charge is 2.23. The van der Waals surface area contributed by atoms with Gasteiger partial charge in [-0.1, -0.05) is 35.9 Å². The molecule has 2 rings (SSSR count). The lowest BCUT2D eigenvalue weighted by Gasteiger charge is -2.24. The van der Waals surface area contributed by atoms with E-state index in [0.717, 1.165) is 16.8 Å². The van der Waals surface area contributed by atoms with Gasteiger partial charge in [-0.3, -0.25) is 9.10 Å². The Kier molecular flexibility index (Phi) is 6.74. The average Bonchev–Trinajstić information content (AvgIpc) is 2.59. The number of carbonyl (C=O) groups is 1. The summed E-state index contributed by atoms with van der Waals surface area (Å²) in [6, 6.07) is 12.0. The van der Waals surface area contributed by atoms with Crippen LogP contribution in [0.4, 0.5) is 5.69 Å². The number of hydrogen-bond acceptors (Lipinski definition) is 5. The third kappa shape index (κ3) is 5.70. The van der Waals surface area contributed by atoms with Gasteiger partial charge in [-0.15, -0.1) is 0 Å². The third-order valence-electron chi connectivity index (χ3n) is 3.99. The van der Waals surface area contributed by atoms with E-state index < -0.39 is 38.4 Å². The molecule has 1 N–H and O–H groups in total. The van der Waals surface area contributed by atoms with E-state index in [-0.39, 0.29) is 15.6 Å². The van der Waals surface area contributed by atoms with Crippen LogP contribution in [0, 0.1) is 0 Å². The normalized spacial score (nSPS) is 13.0. The molecule has 7 nitrogen and oxygen atoms in total. The summed E-state index contributed by atoms with van der Waals surface area (Å²) in [6.45, 7) is 1.28. The van der Waals surface area contributed by atoms with Crippen molar-refractivity contribution in [2.24, 2.45) is 0 Å². The number of rotatable bonds is 7. The van der Waals surface area contributed by atoms with E-state index in [2.05, 4.69) is 5.32 Å². The Morgan fingerprint density at radius 2 is 1.61 bits per heavy atom. The Hall–Kier alpha value is -2.10. The summed E-state index contributed by atoms with van der Waals surface area (Å²) in [7, 11) is -7.05. The van der Waals surface area contributed by atoms with Crippen LogP contribution >= 0.6 is 11.6 Å². The van der Waals surface area contributed by atoms with Gasteiger partial charge < -0.3 is 5.32 Å². The van der Waals surface area contributed by atoms with Gasteiger partial charge in [0.25, 0.3) is 0 Å². The molecule has 0 aromatic heterocycles. The second kappa shape index (κ2) is 8.50. The first kappa shape index (κ1) is 22.2. The Bertz CT molecular complexity index is 1070. The maximum absolute atomic E-state index is 12.4. The van der Waals surface area contributed by atoms with Gasteiger partial charge in [0.2, 0.25) is 15.9 Å². The standard InChI is InChI=1S/C18H21ClN2O5S2/c1-13(14-8-10-15(11-9-14)27(2,23)24)20-18(22)12-21(28(3,25)26)17-7-5-4-6-16(17)19/h4-11,13H,12H2,1-3H3,(H,20,22)/t13-/m1/s1. The van der Waals surface area contributed by atoms with E-state index in [0.29, 0.717) is 5.56 Å². The SMILES string of the molecule is C[C@@H](NC(=O)CN(c1ccccc1Cl)S(C)(=O)=O)c1ccc(S(C)(=O)=O)cc1. The highest BCUT2D eigenvalue weighted by Crippen LogP contribution is 2.27. The van der Waals surface area contributed by atoms with Crippen LogP contribution < -0.4 is 9.62 Å². The van der Waals surface area contributed by atoms with Crippen LogP contribution in [0.5, 0.6) is 0 Å². The summed E-state index contributed by atoms with van der Waals surface area (Å²) in [5.41, 5.74) is 0.899. The van der Waals surface area contributed by atoms with Gasteiger partial charge in [0.05, 0.1) is 27.9 Å². The van der Waals surface area contributed by atoms with E-state index >= 15 is 0 Å². The van der Waals surface area contributed by atoms with Crippen molar-refractivity contribution < 1.29 is 21.6 Å². The minimum atomic E-state index is -3.74. The molecular weight excluding hydrogens is 424 g/mol. The number of nitrogens with one attached hydrogen (secondary N) is 1. The minimum Gasteiger partial charge on any atom is -0.348 e. The molecule has 0 aliphatic rings. The van der Waals surface area contributed by atoms with Crippen LogP contribution in [0.3, 0.4) is 0 Å². The fourth-order valence-corrected chi connectivity index (χ4v) is 4.33. The quantitative estimate of drug-likeness (QED) is 0.706. The number of sulfonamides is 1. The first-order chi connectivity index (χ1) is 12.9. The molecule has 2 aromatic rings. The maximum Gasteiger partial charge on any atom is 0.241 e. The second-order valence-electron chi connectivity index (χ2n) is 6.35. The predicted octanol–water partition coefficient (Wildman–Crippen LogP) is 2.39. The van der Waals surface area contributed by atoms with Crippen molar-refractivity contribution >= 4 is 43.1 Å². The highest BCUT2D eigenvalue weighted by atomic mass is 35.5. The van der Waals surface area contributed by atoms with Gasteiger partial charge in [-0.2, -0.15) is 0 Å². The van der Waals surface area contributed by atoms with Crippen molar-refractivity contribution in [1.82, 2.24) is 5.32 Å². The molecule has 1 amide bonds. The van der Waals surface area contributed by atoms with Gasteiger partial charge in [-0.25, -0.2) is 16.8 Å². The molecule has 0 heterocycles. The predicted molar refractivity (Wildman–Crippen MR) is 110 cm³/mol. The van der Waals surface area contributed by atoms with Crippen molar-refractivity contribution in [3.8, 4) is 0 Å². The molecule has 28 heavy (non-hydrogen) atoms. The van der Waals surface area contributed by atoms with Crippen LogP contribution in [-0.2, 0) is 24.7 Å². The molecule has 2 aromatic carbocycles. The summed E-state index contributed by atoms with van der Waals surface area (Å²) in [4.78, 5) is 12.6. The zero-order chi connectivity index (χ0) is 21.1. The number of nitrogens with zero attached hydrogens (tertiary/aromatic N) is 1. The molecule has 1 atom stereocenters. The zero-order valence-corrected chi connectivity index (χ0v) is 18.0. The number of sulfone groups is 1. The first-order valence-electron chi connectivity index (χ1n) is 8.21.